The Morgan fingerprint density at radius 2 is 1.71 bits per heavy atom. The van der Waals surface area contributed by atoms with Crippen LogP contribution in [-0.2, 0) is 14.4 Å². The fourth-order valence-electron chi connectivity index (χ4n) is 8.77. The third-order valence-electron chi connectivity index (χ3n) is 10.3. The molecule has 174 valence electrons. The number of amides is 1. The number of fused-ring (bicyclic) bond motifs is 5. The minimum atomic E-state index is -0.0186. The van der Waals surface area contributed by atoms with Crippen LogP contribution in [0.25, 0.3) is 0 Å². The molecule has 0 aliphatic heterocycles. The molecule has 0 radical (unpaired) electrons. The van der Waals surface area contributed by atoms with Crippen LogP contribution in [0, 0.1) is 46.3 Å². The Kier molecular flexibility index (Phi) is 6.15. The fraction of sp³-hybridized carbons (Fsp3) is 0.889. The summed E-state index contributed by atoms with van der Waals surface area (Å²) in [5, 5.41) is 3.03. The van der Waals surface area contributed by atoms with E-state index in [1.165, 1.54) is 25.7 Å². The monoisotopic (exact) mass is 429 g/mol. The first kappa shape index (κ1) is 23.0. The van der Waals surface area contributed by atoms with Gasteiger partial charge in [0.2, 0.25) is 5.91 Å². The van der Waals surface area contributed by atoms with Crippen LogP contribution in [0.1, 0.15) is 98.8 Å². The summed E-state index contributed by atoms with van der Waals surface area (Å²) in [5.74, 6) is 3.76. The van der Waals surface area contributed by atoms with Crippen molar-refractivity contribution in [2.45, 2.75) is 105 Å². The second-order valence-electron chi connectivity index (χ2n) is 12.3. The minimum absolute atomic E-state index is 0.0186. The van der Waals surface area contributed by atoms with Gasteiger partial charge in [-0.3, -0.25) is 14.4 Å². The third kappa shape index (κ3) is 3.91. The van der Waals surface area contributed by atoms with E-state index in [-0.39, 0.29) is 23.3 Å². The Morgan fingerprint density at radius 1 is 1.00 bits per heavy atom. The van der Waals surface area contributed by atoms with Crippen molar-refractivity contribution in [2.24, 2.45) is 46.3 Å². The van der Waals surface area contributed by atoms with Crippen molar-refractivity contribution < 1.29 is 14.4 Å². The topological polar surface area (TPSA) is 63.2 Å². The van der Waals surface area contributed by atoms with E-state index in [1.54, 1.807) is 0 Å². The third-order valence-corrected chi connectivity index (χ3v) is 10.3. The minimum Gasteiger partial charge on any atom is -0.354 e. The first-order valence-corrected chi connectivity index (χ1v) is 12.9. The van der Waals surface area contributed by atoms with E-state index in [0.29, 0.717) is 72.3 Å². The highest BCUT2D eigenvalue weighted by Crippen LogP contribution is 2.67. The standard InChI is InChI=1S/C27H43NO3/c1-16(2)28-25(31)9-6-17(3)20-7-8-21-19-15-24(30)23-14-18(29)10-12-27(23,5)22(19)11-13-26(20,21)4/h16-17,19-23H,6-15H2,1-5H3,(H,28,31). The summed E-state index contributed by atoms with van der Waals surface area (Å²) in [6.45, 7) is 11.2. The number of Topliss-reactive ketones (excluding diaryl/α,β-unsaturated/α-hetero) is 2. The van der Waals surface area contributed by atoms with Gasteiger partial charge in [0.25, 0.3) is 0 Å². The van der Waals surface area contributed by atoms with E-state index in [2.05, 4.69) is 26.1 Å². The van der Waals surface area contributed by atoms with Crippen LogP contribution in [0.15, 0.2) is 0 Å². The molecule has 4 nitrogen and oxygen atoms in total. The van der Waals surface area contributed by atoms with Crippen LogP contribution in [0.4, 0.5) is 0 Å². The molecule has 0 saturated heterocycles. The molecule has 0 aromatic carbocycles. The lowest BCUT2D eigenvalue weighted by Crippen LogP contribution is -2.56. The summed E-state index contributed by atoms with van der Waals surface area (Å²) in [4.78, 5) is 37.5. The number of nitrogens with one attached hydrogen (secondary N) is 1. The molecule has 31 heavy (non-hydrogen) atoms. The van der Waals surface area contributed by atoms with Gasteiger partial charge >= 0.3 is 0 Å². The Morgan fingerprint density at radius 3 is 2.42 bits per heavy atom. The lowest BCUT2D eigenvalue weighted by atomic mass is 9.44. The van der Waals surface area contributed by atoms with Gasteiger partial charge in [0, 0.05) is 37.6 Å². The molecule has 0 aromatic heterocycles. The Labute approximate surface area is 188 Å². The van der Waals surface area contributed by atoms with Gasteiger partial charge in [-0.05, 0) is 92.8 Å². The smallest absolute Gasteiger partial charge is 0.220 e. The number of carbonyl (C=O) groups excluding carboxylic acids is 3. The molecule has 4 heteroatoms. The number of rotatable bonds is 5. The van der Waals surface area contributed by atoms with E-state index in [4.69, 9.17) is 0 Å². The van der Waals surface area contributed by atoms with Crippen molar-refractivity contribution in [2.75, 3.05) is 0 Å². The van der Waals surface area contributed by atoms with E-state index >= 15 is 0 Å². The fourth-order valence-corrected chi connectivity index (χ4v) is 8.77. The molecule has 4 saturated carbocycles. The van der Waals surface area contributed by atoms with Crippen molar-refractivity contribution in [1.29, 1.82) is 0 Å². The van der Waals surface area contributed by atoms with E-state index in [1.807, 2.05) is 13.8 Å². The maximum atomic E-state index is 13.2. The predicted molar refractivity (Wildman–Crippen MR) is 122 cm³/mol. The summed E-state index contributed by atoms with van der Waals surface area (Å²) in [7, 11) is 0. The van der Waals surface area contributed by atoms with Gasteiger partial charge in [-0.2, -0.15) is 0 Å². The van der Waals surface area contributed by atoms with Crippen LogP contribution in [-0.4, -0.2) is 23.5 Å². The lowest BCUT2D eigenvalue weighted by molar-refractivity contribution is -0.159. The molecule has 0 bridgehead atoms. The summed E-state index contributed by atoms with van der Waals surface area (Å²) in [5.41, 5.74) is 0.330. The zero-order valence-corrected chi connectivity index (χ0v) is 20.3. The second-order valence-corrected chi connectivity index (χ2v) is 12.3. The average molecular weight is 430 g/mol. The van der Waals surface area contributed by atoms with Gasteiger partial charge in [-0.25, -0.2) is 0 Å². The molecular formula is C27H43NO3. The van der Waals surface area contributed by atoms with Crippen LogP contribution in [0.2, 0.25) is 0 Å². The van der Waals surface area contributed by atoms with Crippen LogP contribution in [0.5, 0.6) is 0 Å². The second kappa shape index (κ2) is 8.30. The Hall–Kier alpha value is -1.19. The Balaban J connectivity index is 1.47. The van der Waals surface area contributed by atoms with Crippen LogP contribution in [0.3, 0.4) is 0 Å². The summed E-state index contributed by atoms with van der Waals surface area (Å²) < 4.78 is 0. The zero-order valence-electron chi connectivity index (χ0n) is 20.3. The molecule has 1 N–H and O–H groups in total. The highest BCUT2D eigenvalue weighted by molar-refractivity contribution is 5.90. The van der Waals surface area contributed by atoms with Crippen LogP contribution >= 0.6 is 0 Å². The van der Waals surface area contributed by atoms with E-state index in [0.717, 1.165) is 12.8 Å². The molecule has 4 fully saturated rings. The largest absolute Gasteiger partial charge is 0.354 e. The molecule has 0 spiro atoms. The van der Waals surface area contributed by atoms with Crippen molar-refractivity contribution in [3.05, 3.63) is 0 Å². The van der Waals surface area contributed by atoms with Crippen molar-refractivity contribution in [3.8, 4) is 0 Å². The number of ketones is 2. The number of hydrogen-bond acceptors (Lipinski definition) is 3. The first-order valence-electron chi connectivity index (χ1n) is 12.9. The molecule has 1 amide bonds. The van der Waals surface area contributed by atoms with Crippen molar-refractivity contribution >= 4 is 17.5 Å². The maximum Gasteiger partial charge on any atom is 0.220 e. The van der Waals surface area contributed by atoms with E-state index < -0.39 is 0 Å². The van der Waals surface area contributed by atoms with Crippen molar-refractivity contribution in [3.63, 3.8) is 0 Å². The predicted octanol–water partition coefficient (Wildman–Crippen LogP) is 5.33. The molecule has 4 rings (SSSR count). The van der Waals surface area contributed by atoms with Gasteiger partial charge in [0.15, 0.2) is 0 Å². The molecule has 8 unspecified atom stereocenters. The molecule has 0 aromatic rings. The summed E-state index contributed by atoms with van der Waals surface area (Å²) >= 11 is 0. The highest BCUT2D eigenvalue weighted by Gasteiger charge is 2.62. The highest BCUT2D eigenvalue weighted by atomic mass is 16.2. The van der Waals surface area contributed by atoms with Gasteiger partial charge in [0.1, 0.15) is 11.6 Å². The van der Waals surface area contributed by atoms with Crippen LogP contribution < -0.4 is 5.32 Å². The normalized spacial score (nSPS) is 43.2. The number of hydrogen-bond donors (Lipinski definition) is 1. The molecule has 4 aliphatic rings. The van der Waals surface area contributed by atoms with E-state index in [9.17, 15) is 14.4 Å². The maximum absolute atomic E-state index is 13.2. The first-order chi connectivity index (χ1) is 14.6. The quantitative estimate of drug-likeness (QED) is 0.642. The lowest BCUT2D eigenvalue weighted by Gasteiger charge is -2.59. The summed E-state index contributed by atoms with van der Waals surface area (Å²) in [6, 6.07) is 0.204. The van der Waals surface area contributed by atoms with Gasteiger partial charge in [-0.1, -0.05) is 20.8 Å². The number of carbonyl (C=O) groups is 3. The van der Waals surface area contributed by atoms with Gasteiger partial charge in [-0.15, -0.1) is 0 Å². The summed E-state index contributed by atoms with van der Waals surface area (Å²) in [6.07, 6.45) is 9.30. The van der Waals surface area contributed by atoms with Gasteiger partial charge < -0.3 is 5.32 Å². The molecule has 4 aliphatic carbocycles. The zero-order chi connectivity index (χ0) is 22.6. The molecule has 0 heterocycles. The van der Waals surface area contributed by atoms with Crippen molar-refractivity contribution in [1.82, 2.24) is 5.32 Å². The van der Waals surface area contributed by atoms with Gasteiger partial charge in [0.05, 0.1) is 0 Å². The SMILES string of the molecule is CC(C)NC(=O)CCC(C)C1CCC2C3CC(=O)C4CC(=O)CCC4(C)C3CCC12C. The molecule has 8 atom stereocenters. The Bertz CT molecular complexity index is 745. The average Bonchev–Trinajstić information content (AvgIpc) is 3.04. The molecular weight excluding hydrogens is 386 g/mol.